The second kappa shape index (κ2) is 2.39. The molecule has 0 amide bonds. The van der Waals surface area contributed by atoms with Crippen LogP contribution >= 0.6 is 0 Å². The molecule has 0 aliphatic carbocycles. The van der Waals surface area contributed by atoms with E-state index >= 15 is 0 Å². The molecule has 0 atom stereocenters. The van der Waals surface area contributed by atoms with Gasteiger partial charge in [-0.15, -0.1) is 0 Å². The highest BCUT2D eigenvalue weighted by molar-refractivity contribution is 5.82. The molecule has 1 aromatic rings. The van der Waals surface area contributed by atoms with E-state index in [2.05, 4.69) is 6.07 Å². The van der Waals surface area contributed by atoms with E-state index in [0.29, 0.717) is 6.29 Å². The first-order valence-corrected chi connectivity index (χ1v) is 2.63. The lowest BCUT2D eigenvalue weighted by Gasteiger charge is -1.96. The SMILES string of the molecule is O=Cc1c(O)c[c]cc1O. The van der Waals surface area contributed by atoms with Crippen molar-refractivity contribution in [1.29, 1.82) is 0 Å². The Morgan fingerprint density at radius 2 is 1.80 bits per heavy atom. The number of carbonyl (C=O) groups excluding carboxylic acids is 1. The zero-order chi connectivity index (χ0) is 7.56. The molecule has 51 valence electrons. The molecule has 3 nitrogen and oxygen atoms in total. The first-order chi connectivity index (χ1) is 4.75. The van der Waals surface area contributed by atoms with Crippen molar-refractivity contribution in [3.05, 3.63) is 23.8 Å². The number of phenols is 2. The molecule has 0 saturated heterocycles. The first kappa shape index (κ1) is 6.61. The average molecular weight is 137 g/mol. The summed E-state index contributed by atoms with van der Waals surface area (Å²) in [4.78, 5) is 10.1. The fraction of sp³-hybridized carbons (Fsp3) is 0. The molecule has 0 unspecified atom stereocenters. The van der Waals surface area contributed by atoms with Gasteiger partial charge in [-0.25, -0.2) is 0 Å². The van der Waals surface area contributed by atoms with E-state index in [0.717, 1.165) is 0 Å². The van der Waals surface area contributed by atoms with Gasteiger partial charge in [-0.3, -0.25) is 4.79 Å². The zero-order valence-corrected chi connectivity index (χ0v) is 5.03. The Morgan fingerprint density at radius 3 is 2.10 bits per heavy atom. The van der Waals surface area contributed by atoms with E-state index in [1.807, 2.05) is 0 Å². The number of hydrogen-bond donors (Lipinski definition) is 2. The zero-order valence-electron chi connectivity index (χ0n) is 5.03. The Bertz CT molecular complexity index is 235. The molecular formula is C7H5O3. The number of hydrogen-bond acceptors (Lipinski definition) is 3. The third-order valence-corrected chi connectivity index (χ3v) is 1.11. The topological polar surface area (TPSA) is 57.5 Å². The molecule has 0 saturated carbocycles. The molecule has 0 bridgehead atoms. The van der Waals surface area contributed by atoms with Crippen LogP contribution in [0.25, 0.3) is 0 Å². The summed E-state index contributed by atoms with van der Waals surface area (Å²) >= 11 is 0. The standard InChI is InChI=1S/C7H5O3/c8-4-5-6(9)2-1-3-7(5)10/h2-4,9-10H. The van der Waals surface area contributed by atoms with Crippen molar-refractivity contribution in [2.45, 2.75) is 0 Å². The van der Waals surface area contributed by atoms with Crippen molar-refractivity contribution in [3.8, 4) is 11.5 Å². The van der Waals surface area contributed by atoms with E-state index in [9.17, 15) is 4.79 Å². The number of carbonyl (C=O) groups is 1. The van der Waals surface area contributed by atoms with Crippen LogP contribution in [-0.2, 0) is 0 Å². The fourth-order valence-corrected chi connectivity index (χ4v) is 0.607. The van der Waals surface area contributed by atoms with Gasteiger partial charge in [-0.1, -0.05) is 0 Å². The average Bonchev–Trinajstić information content (AvgIpc) is 1.88. The largest absolute Gasteiger partial charge is 0.507 e. The summed E-state index contributed by atoms with van der Waals surface area (Å²) in [7, 11) is 0. The van der Waals surface area contributed by atoms with Gasteiger partial charge in [0.05, 0.1) is 5.56 Å². The summed E-state index contributed by atoms with van der Waals surface area (Å²) in [5.41, 5.74) is -0.0984. The van der Waals surface area contributed by atoms with Crippen molar-refractivity contribution in [2.75, 3.05) is 0 Å². The highest BCUT2D eigenvalue weighted by Crippen LogP contribution is 2.22. The lowest BCUT2D eigenvalue weighted by molar-refractivity contribution is 0.111. The van der Waals surface area contributed by atoms with Crippen LogP contribution in [0.4, 0.5) is 0 Å². The molecule has 1 rings (SSSR count). The van der Waals surface area contributed by atoms with E-state index < -0.39 is 0 Å². The molecule has 0 aromatic heterocycles. The summed E-state index contributed by atoms with van der Waals surface area (Å²) in [6, 6.07) is 4.87. The molecular weight excluding hydrogens is 132 g/mol. The van der Waals surface area contributed by atoms with Gasteiger partial charge in [0.15, 0.2) is 6.29 Å². The Labute approximate surface area is 57.5 Å². The molecule has 1 radical (unpaired) electrons. The summed E-state index contributed by atoms with van der Waals surface area (Å²) in [5.74, 6) is -0.509. The quantitative estimate of drug-likeness (QED) is 0.560. The Kier molecular flexibility index (Phi) is 1.58. The molecule has 0 fully saturated rings. The van der Waals surface area contributed by atoms with E-state index in [1.165, 1.54) is 12.1 Å². The number of aldehydes is 1. The molecule has 10 heavy (non-hydrogen) atoms. The number of benzene rings is 1. The Hall–Kier alpha value is -1.51. The van der Waals surface area contributed by atoms with Crippen molar-refractivity contribution in [3.63, 3.8) is 0 Å². The maximum Gasteiger partial charge on any atom is 0.157 e. The van der Waals surface area contributed by atoms with Gasteiger partial charge in [0, 0.05) is 0 Å². The normalized spacial score (nSPS) is 9.20. The highest BCUT2D eigenvalue weighted by atomic mass is 16.3. The lowest BCUT2D eigenvalue weighted by Crippen LogP contribution is -1.80. The molecule has 1 aromatic carbocycles. The van der Waals surface area contributed by atoms with Crippen LogP contribution in [0.1, 0.15) is 10.4 Å². The maximum atomic E-state index is 10.1. The van der Waals surface area contributed by atoms with Crippen molar-refractivity contribution in [1.82, 2.24) is 0 Å². The third kappa shape index (κ3) is 0.932. The van der Waals surface area contributed by atoms with Crippen LogP contribution in [-0.4, -0.2) is 16.5 Å². The first-order valence-electron chi connectivity index (χ1n) is 2.63. The smallest absolute Gasteiger partial charge is 0.157 e. The second-order valence-corrected chi connectivity index (χ2v) is 1.76. The lowest BCUT2D eigenvalue weighted by atomic mass is 10.2. The van der Waals surface area contributed by atoms with Crippen LogP contribution in [0, 0.1) is 6.07 Å². The van der Waals surface area contributed by atoms with Crippen LogP contribution < -0.4 is 0 Å². The van der Waals surface area contributed by atoms with Gasteiger partial charge >= 0.3 is 0 Å². The molecule has 3 heteroatoms. The minimum atomic E-state index is -0.255. The van der Waals surface area contributed by atoms with Crippen LogP contribution in [0.15, 0.2) is 12.1 Å². The third-order valence-electron chi connectivity index (χ3n) is 1.11. The van der Waals surface area contributed by atoms with Crippen molar-refractivity contribution in [2.24, 2.45) is 0 Å². The van der Waals surface area contributed by atoms with E-state index in [4.69, 9.17) is 10.2 Å². The van der Waals surface area contributed by atoms with Gasteiger partial charge in [-0.2, -0.15) is 0 Å². The van der Waals surface area contributed by atoms with Gasteiger partial charge in [-0.05, 0) is 18.2 Å². The van der Waals surface area contributed by atoms with Crippen LogP contribution in [0.5, 0.6) is 11.5 Å². The maximum absolute atomic E-state index is 10.1. The molecule has 2 N–H and O–H groups in total. The summed E-state index contributed by atoms with van der Waals surface area (Å²) in [6.45, 7) is 0. The van der Waals surface area contributed by atoms with Crippen molar-refractivity contribution >= 4 is 6.29 Å². The molecule has 0 aliphatic rings. The van der Waals surface area contributed by atoms with E-state index in [-0.39, 0.29) is 17.1 Å². The second-order valence-electron chi connectivity index (χ2n) is 1.76. The monoisotopic (exact) mass is 137 g/mol. The number of phenolic OH excluding ortho intramolecular Hbond substituents is 2. The minimum absolute atomic E-state index is 0.0984. The van der Waals surface area contributed by atoms with Crippen LogP contribution in [0.2, 0.25) is 0 Å². The van der Waals surface area contributed by atoms with Gasteiger partial charge in [0.1, 0.15) is 11.5 Å². The number of rotatable bonds is 1. The van der Waals surface area contributed by atoms with E-state index in [1.54, 1.807) is 0 Å². The van der Waals surface area contributed by atoms with Gasteiger partial charge < -0.3 is 10.2 Å². The molecule has 0 heterocycles. The molecule has 0 spiro atoms. The Balaban J connectivity index is 3.30. The van der Waals surface area contributed by atoms with Crippen molar-refractivity contribution < 1.29 is 15.0 Å². The summed E-state index contributed by atoms with van der Waals surface area (Å²) in [6.07, 6.45) is 0.387. The predicted molar refractivity (Wildman–Crippen MR) is 34.0 cm³/mol. The summed E-state index contributed by atoms with van der Waals surface area (Å²) in [5, 5.41) is 17.7. The van der Waals surface area contributed by atoms with Gasteiger partial charge in [0.2, 0.25) is 0 Å². The van der Waals surface area contributed by atoms with Gasteiger partial charge in [0.25, 0.3) is 0 Å². The minimum Gasteiger partial charge on any atom is -0.507 e. The molecule has 0 aliphatic heterocycles. The Morgan fingerprint density at radius 1 is 1.30 bits per heavy atom. The number of aromatic hydroxyl groups is 2. The summed E-state index contributed by atoms with van der Waals surface area (Å²) < 4.78 is 0. The predicted octanol–water partition coefficient (Wildman–Crippen LogP) is 0.710. The fourth-order valence-electron chi connectivity index (χ4n) is 0.607. The van der Waals surface area contributed by atoms with Crippen LogP contribution in [0.3, 0.4) is 0 Å². The highest BCUT2D eigenvalue weighted by Gasteiger charge is 2.03.